The number of ketones is 1. The fraction of sp³-hybridized carbons (Fsp3) is 0.571. The zero-order valence-electron chi connectivity index (χ0n) is 9.91. The normalized spacial score (nSPS) is 19.2. The monoisotopic (exact) mass is 217 g/mol. The van der Waals surface area contributed by atoms with Crippen LogP contribution in [0.4, 0.5) is 0 Å². The Labute approximate surface area is 97.1 Å². The molecule has 0 N–H and O–H groups in total. The van der Waals surface area contributed by atoms with Crippen molar-refractivity contribution in [3.8, 4) is 0 Å². The van der Waals surface area contributed by atoms with Gasteiger partial charge in [-0.2, -0.15) is 0 Å². The van der Waals surface area contributed by atoms with Crippen LogP contribution in [-0.2, 0) is 11.2 Å². The SMILES string of the molecule is CCCCC(=O)C1CCCc2cccnc21. The number of fused-ring (bicyclic) bond motifs is 1. The molecule has 86 valence electrons. The van der Waals surface area contributed by atoms with Crippen LogP contribution < -0.4 is 0 Å². The molecule has 0 bridgehead atoms. The van der Waals surface area contributed by atoms with E-state index in [9.17, 15) is 4.79 Å². The van der Waals surface area contributed by atoms with E-state index in [0.29, 0.717) is 5.78 Å². The molecule has 1 aromatic rings. The van der Waals surface area contributed by atoms with Crippen LogP contribution in [0, 0.1) is 0 Å². The first-order valence-electron chi connectivity index (χ1n) is 6.29. The van der Waals surface area contributed by atoms with E-state index in [2.05, 4.69) is 18.0 Å². The van der Waals surface area contributed by atoms with Gasteiger partial charge in [0.05, 0.1) is 11.6 Å². The van der Waals surface area contributed by atoms with Crippen LogP contribution in [0.2, 0.25) is 0 Å². The number of nitrogens with zero attached hydrogens (tertiary/aromatic N) is 1. The largest absolute Gasteiger partial charge is 0.299 e. The minimum atomic E-state index is 0.0801. The topological polar surface area (TPSA) is 30.0 Å². The highest BCUT2D eigenvalue weighted by atomic mass is 16.1. The minimum Gasteiger partial charge on any atom is -0.299 e. The Kier molecular flexibility index (Phi) is 3.70. The number of rotatable bonds is 4. The molecule has 0 radical (unpaired) electrons. The third kappa shape index (κ3) is 2.31. The molecular weight excluding hydrogens is 198 g/mol. The fourth-order valence-corrected chi connectivity index (χ4v) is 2.45. The molecule has 0 saturated heterocycles. The molecular formula is C14H19NO. The van der Waals surface area contributed by atoms with Gasteiger partial charge in [-0.3, -0.25) is 9.78 Å². The van der Waals surface area contributed by atoms with Crippen molar-refractivity contribution in [3.63, 3.8) is 0 Å². The summed E-state index contributed by atoms with van der Waals surface area (Å²) in [6, 6.07) is 4.08. The van der Waals surface area contributed by atoms with Crippen molar-refractivity contribution in [1.82, 2.24) is 4.98 Å². The Hall–Kier alpha value is -1.18. The molecule has 1 heterocycles. The average molecular weight is 217 g/mol. The first-order valence-corrected chi connectivity index (χ1v) is 6.29. The standard InChI is InChI=1S/C14H19NO/c1-2-3-9-13(16)12-8-4-6-11-7-5-10-15-14(11)12/h5,7,10,12H,2-4,6,8-9H2,1H3. The lowest BCUT2D eigenvalue weighted by Crippen LogP contribution is -2.19. The van der Waals surface area contributed by atoms with Gasteiger partial charge in [0.1, 0.15) is 5.78 Å². The first-order chi connectivity index (χ1) is 7.83. The van der Waals surface area contributed by atoms with E-state index in [1.54, 1.807) is 0 Å². The number of pyridine rings is 1. The number of aromatic nitrogens is 1. The van der Waals surface area contributed by atoms with Gasteiger partial charge >= 0.3 is 0 Å². The van der Waals surface area contributed by atoms with Gasteiger partial charge < -0.3 is 0 Å². The van der Waals surface area contributed by atoms with E-state index in [4.69, 9.17) is 0 Å². The highest BCUT2D eigenvalue weighted by Gasteiger charge is 2.26. The van der Waals surface area contributed by atoms with E-state index >= 15 is 0 Å². The Balaban J connectivity index is 2.15. The van der Waals surface area contributed by atoms with E-state index in [0.717, 1.165) is 44.2 Å². The quantitative estimate of drug-likeness (QED) is 0.774. The summed E-state index contributed by atoms with van der Waals surface area (Å²) in [6.07, 6.45) is 7.83. The molecule has 0 aliphatic heterocycles. The second-order valence-electron chi connectivity index (χ2n) is 4.56. The Bertz CT molecular complexity index is 373. The minimum absolute atomic E-state index is 0.0801. The third-order valence-corrected chi connectivity index (χ3v) is 3.36. The Morgan fingerprint density at radius 3 is 3.25 bits per heavy atom. The summed E-state index contributed by atoms with van der Waals surface area (Å²) in [5.74, 6) is 0.470. The van der Waals surface area contributed by atoms with E-state index in [-0.39, 0.29) is 5.92 Å². The molecule has 2 nitrogen and oxygen atoms in total. The molecule has 1 aliphatic carbocycles. The highest BCUT2D eigenvalue weighted by molar-refractivity contribution is 5.85. The van der Waals surface area contributed by atoms with Gasteiger partial charge in [-0.15, -0.1) is 0 Å². The molecule has 2 heteroatoms. The van der Waals surface area contributed by atoms with Crippen molar-refractivity contribution < 1.29 is 4.79 Å². The second kappa shape index (κ2) is 5.24. The predicted molar refractivity (Wildman–Crippen MR) is 64.4 cm³/mol. The maximum Gasteiger partial charge on any atom is 0.141 e. The van der Waals surface area contributed by atoms with Crippen molar-refractivity contribution in [2.75, 3.05) is 0 Å². The summed E-state index contributed by atoms with van der Waals surface area (Å²) in [5, 5.41) is 0. The van der Waals surface area contributed by atoms with Crippen molar-refractivity contribution >= 4 is 5.78 Å². The summed E-state index contributed by atoms with van der Waals surface area (Å²) in [4.78, 5) is 16.5. The zero-order chi connectivity index (χ0) is 11.4. The average Bonchev–Trinajstić information content (AvgIpc) is 2.35. The highest BCUT2D eigenvalue weighted by Crippen LogP contribution is 2.31. The van der Waals surface area contributed by atoms with Crippen LogP contribution in [0.25, 0.3) is 0 Å². The number of carbonyl (C=O) groups excluding carboxylic acids is 1. The van der Waals surface area contributed by atoms with Crippen molar-refractivity contribution in [1.29, 1.82) is 0 Å². The van der Waals surface area contributed by atoms with E-state index in [1.165, 1.54) is 5.56 Å². The van der Waals surface area contributed by atoms with Gasteiger partial charge in [0.25, 0.3) is 0 Å². The van der Waals surface area contributed by atoms with Gasteiger partial charge in [-0.1, -0.05) is 19.4 Å². The van der Waals surface area contributed by atoms with Crippen LogP contribution in [0.3, 0.4) is 0 Å². The van der Waals surface area contributed by atoms with Gasteiger partial charge in [-0.25, -0.2) is 0 Å². The van der Waals surface area contributed by atoms with Crippen LogP contribution >= 0.6 is 0 Å². The number of hydrogen-bond acceptors (Lipinski definition) is 2. The van der Waals surface area contributed by atoms with Crippen molar-refractivity contribution in [3.05, 3.63) is 29.6 Å². The van der Waals surface area contributed by atoms with Gasteiger partial charge in [0.15, 0.2) is 0 Å². The molecule has 0 spiro atoms. The van der Waals surface area contributed by atoms with Crippen LogP contribution in [0.5, 0.6) is 0 Å². The zero-order valence-corrected chi connectivity index (χ0v) is 9.91. The third-order valence-electron chi connectivity index (χ3n) is 3.36. The fourth-order valence-electron chi connectivity index (χ4n) is 2.45. The maximum absolute atomic E-state index is 12.1. The lowest BCUT2D eigenvalue weighted by molar-refractivity contribution is -0.121. The maximum atomic E-state index is 12.1. The number of unbranched alkanes of at least 4 members (excludes halogenated alkanes) is 1. The first kappa shape index (κ1) is 11.3. The molecule has 2 rings (SSSR count). The van der Waals surface area contributed by atoms with Crippen molar-refractivity contribution in [2.24, 2.45) is 0 Å². The van der Waals surface area contributed by atoms with Crippen molar-refractivity contribution in [2.45, 2.75) is 51.4 Å². The second-order valence-corrected chi connectivity index (χ2v) is 4.56. The van der Waals surface area contributed by atoms with Gasteiger partial charge in [-0.05, 0) is 37.3 Å². The lowest BCUT2D eigenvalue weighted by Gasteiger charge is -2.23. The summed E-state index contributed by atoms with van der Waals surface area (Å²) in [7, 11) is 0. The number of Topliss-reactive ketones (excluding diaryl/α,β-unsaturated/α-hetero) is 1. The smallest absolute Gasteiger partial charge is 0.141 e. The molecule has 1 aliphatic rings. The number of carbonyl (C=O) groups is 1. The molecule has 1 atom stereocenters. The van der Waals surface area contributed by atoms with Crippen LogP contribution in [-0.4, -0.2) is 10.8 Å². The molecule has 1 unspecified atom stereocenters. The lowest BCUT2D eigenvalue weighted by atomic mass is 9.83. The summed E-state index contributed by atoms with van der Waals surface area (Å²) in [5.41, 5.74) is 2.33. The summed E-state index contributed by atoms with van der Waals surface area (Å²) < 4.78 is 0. The molecule has 0 saturated carbocycles. The van der Waals surface area contributed by atoms with Gasteiger partial charge in [0.2, 0.25) is 0 Å². The predicted octanol–water partition coefficient (Wildman–Crippen LogP) is 3.26. The Morgan fingerprint density at radius 2 is 2.44 bits per heavy atom. The number of hydrogen-bond donors (Lipinski definition) is 0. The summed E-state index contributed by atoms with van der Waals surface area (Å²) in [6.45, 7) is 2.13. The molecule has 0 fully saturated rings. The summed E-state index contributed by atoms with van der Waals surface area (Å²) >= 11 is 0. The molecule has 1 aromatic heterocycles. The van der Waals surface area contributed by atoms with Crippen LogP contribution in [0.1, 0.15) is 56.2 Å². The van der Waals surface area contributed by atoms with E-state index in [1.807, 2.05) is 12.3 Å². The van der Waals surface area contributed by atoms with Crippen LogP contribution in [0.15, 0.2) is 18.3 Å². The molecule has 0 aromatic carbocycles. The Morgan fingerprint density at radius 1 is 1.56 bits per heavy atom. The molecule has 0 amide bonds. The van der Waals surface area contributed by atoms with E-state index < -0.39 is 0 Å². The number of aryl methyl sites for hydroxylation is 1. The van der Waals surface area contributed by atoms with Gasteiger partial charge in [0, 0.05) is 12.6 Å². The molecule has 16 heavy (non-hydrogen) atoms.